The third kappa shape index (κ3) is 3.25. The molecule has 1 aliphatic heterocycles. The highest BCUT2D eigenvalue weighted by molar-refractivity contribution is 9.10. The van der Waals surface area contributed by atoms with Crippen LogP contribution in [-0.2, 0) is 6.54 Å². The summed E-state index contributed by atoms with van der Waals surface area (Å²) in [6.07, 6.45) is 1.21. The smallest absolute Gasteiger partial charge is 0.0388 e. The predicted molar refractivity (Wildman–Crippen MR) is 81.0 cm³/mol. The Hall–Kier alpha value is -0.580. The minimum absolute atomic E-state index is 0.539. The van der Waals surface area contributed by atoms with Gasteiger partial charge in [-0.2, -0.15) is 0 Å². The molecule has 0 bridgehead atoms. The monoisotopic (exact) mass is 311 g/mol. The molecular weight excluding hydrogens is 290 g/mol. The molecule has 4 heteroatoms. The zero-order chi connectivity index (χ0) is 13.1. The Balaban J connectivity index is 2.26. The largest absolute Gasteiger partial charge is 0.367 e. The van der Waals surface area contributed by atoms with Gasteiger partial charge in [0.25, 0.3) is 0 Å². The molecule has 0 amide bonds. The van der Waals surface area contributed by atoms with Crippen LogP contribution < -0.4 is 10.6 Å². The Morgan fingerprint density at radius 2 is 2.11 bits per heavy atom. The van der Waals surface area contributed by atoms with Gasteiger partial charge in [-0.1, -0.05) is 15.9 Å². The number of halogens is 1. The van der Waals surface area contributed by atoms with Gasteiger partial charge in [0.1, 0.15) is 0 Å². The van der Waals surface area contributed by atoms with Crippen LogP contribution >= 0.6 is 15.9 Å². The van der Waals surface area contributed by atoms with Crippen molar-refractivity contribution < 1.29 is 0 Å². The molecule has 1 unspecified atom stereocenters. The molecule has 1 aromatic rings. The average molecular weight is 312 g/mol. The van der Waals surface area contributed by atoms with Crippen LogP contribution in [0.3, 0.4) is 0 Å². The third-order valence-corrected chi connectivity index (χ3v) is 4.01. The van der Waals surface area contributed by atoms with Crippen molar-refractivity contribution in [3.05, 3.63) is 28.2 Å². The molecule has 1 fully saturated rings. The summed E-state index contributed by atoms with van der Waals surface area (Å²) in [4.78, 5) is 4.90. The van der Waals surface area contributed by atoms with E-state index < -0.39 is 0 Å². The SMILES string of the molecule is CC1CN(C)CCCN1c1cc(Br)cc(CN)c1. The van der Waals surface area contributed by atoms with Crippen molar-refractivity contribution in [3.63, 3.8) is 0 Å². The fourth-order valence-electron chi connectivity index (χ4n) is 2.67. The fourth-order valence-corrected chi connectivity index (χ4v) is 3.20. The number of rotatable bonds is 2. The van der Waals surface area contributed by atoms with Gasteiger partial charge in [0, 0.05) is 35.8 Å². The van der Waals surface area contributed by atoms with E-state index in [2.05, 4.69) is 57.9 Å². The van der Waals surface area contributed by atoms with Crippen molar-refractivity contribution in [2.24, 2.45) is 5.73 Å². The normalized spacial score (nSPS) is 22.0. The van der Waals surface area contributed by atoms with Gasteiger partial charge in [0.2, 0.25) is 0 Å². The van der Waals surface area contributed by atoms with Crippen LogP contribution in [0.2, 0.25) is 0 Å². The van der Waals surface area contributed by atoms with E-state index in [9.17, 15) is 0 Å². The highest BCUT2D eigenvalue weighted by atomic mass is 79.9. The molecule has 3 nitrogen and oxygen atoms in total. The minimum Gasteiger partial charge on any atom is -0.367 e. The van der Waals surface area contributed by atoms with Gasteiger partial charge in [-0.25, -0.2) is 0 Å². The van der Waals surface area contributed by atoms with Crippen LogP contribution in [0.5, 0.6) is 0 Å². The van der Waals surface area contributed by atoms with E-state index in [1.165, 1.54) is 24.2 Å². The lowest BCUT2D eigenvalue weighted by atomic mass is 10.1. The summed E-state index contributed by atoms with van der Waals surface area (Å²) in [5.74, 6) is 0. The molecule has 2 rings (SSSR count). The molecule has 1 aliphatic rings. The number of benzene rings is 1. The zero-order valence-electron chi connectivity index (χ0n) is 11.2. The summed E-state index contributed by atoms with van der Waals surface area (Å²) in [6.45, 7) is 6.30. The van der Waals surface area contributed by atoms with E-state index in [4.69, 9.17) is 5.73 Å². The molecule has 0 radical (unpaired) electrons. The predicted octanol–water partition coefficient (Wildman–Crippen LogP) is 2.44. The van der Waals surface area contributed by atoms with E-state index in [1.807, 2.05) is 0 Å². The molecule has 0 saturated carbocycles. The number of hydrogen-bond donors (Lipinski definition) is 1. The van der Waals surface area contributed by atoms with Gasteiger partial charge in [-0.15, -0.1) is 0 Å². The van der Waals surface area contributed by atoms with E-state index in [-0.39, 0.29) is 0 Å². The van der Waals surface area contributed by atoms with E-state index in [0.717, 1.165) is 17.6 Å². The molecule has 0 aromatic heterocycles. The number of nitrogens with zero attached hydrogens (tertiary/aromatic N) is 2. The van der Waals surface area contributed by atoms with E-state index in [0.29, 0.717) is 12.6 Å². The van der Waals surface area contributed by atoms with Crippen molar-refractivity contribution in [2.45, 2.75) is 25.9 Å². The topological polar surface area (TPSA) is 32.5 Å². The number of likely N-dealkylation sites (N-methyl/N-ethyl adjacent to an activating group) is 1. The zero-order valence-corrected chi connectivity index (χ0v) is 12.8. The highest BCUT2D eigenvalue weighted by Gasteiger charge is 2.20. The van der Waals surface area contributed by atoms with Gasteiger partial charge in [-0.3, -0.25) is 0 Å². The molecule has 1 heterocycles. The summed E-state index contributed by atoms with van der Waals surface area (Å²) in [5, 5.41) is 0. The molecule has 100 valence electrons. The molecule has 0 spiro atoms. The highest BCUT2D eigenvalue weighted by Crippen LogP contribution is 2.25. The lowest BCUT2D eigenvalue weighted by Crippen LogP contribution is -2.38. The van der Waals surface area contributed by atoms with Gasteiger partial charge in [-0.05, 0) is 50.7 Å². The second-order valence-corrected chi connectivity index (χ2v) is 6.10. The lowest BCUT2D eigenvalue weighted by Gasteiger charge is -2.30. The number of nitrogens with two attached hydrogens (primary N) is 1. The molecule has 2 N–H and O–H groups in total. The minimum atomic E-state index is 0.539. The van der Waals surface area contributed by atoms with Crippen molar-refractivity contribution >= 4 is 21.6 Å². The molecule has 1 saturated heterocycles. The molecule has 1 atom stereocenters. The van der Waals surface area contributed by atoms with Crippen LogP contribution in [0.15, 0.2) is 22.7 Å². The number of anilines is 1. The first-order valence-corrected chi connectivity index (χ1v) is 7.34. The summed E-state index contributed by atoms with van der Waals surface area (Å²) in [6, 6.07) is 7.04. The maximum atomic E-state index is 5.76. The van der Waals surface area contributed by atoms with Gasteiger partial charge >= 0.3 is 0 Å². The van der Waals surface area contributed by atoms with Crippen molar-refractivity contribution in [3.8, 4) is 0 Å². The van der Waals surface area contributed by atoms with Crippen LogP contribution in [-0.4, -0.2) is 37.6 Å². The van der Waals surface area contributed by atoms with Crippen molar-refractivity contribution in [1.82, 2.24) is 4.90 Å². The first-order valence-electron chi connectivity index (χ1n) is 6.55. The molecule has 0 aliphatic carbocycles. The Morgan fingerprint density at radius 3 is 2.83 bits per heavy atom. The fraction of sp³-hybridized carbons (Fsp3) is 0.571. The summed E-state index contributed by atoms with van der Waals surface area (Å²) in [7, 11) is 2.20. The first-order chi connectivity index (χ1) is 8.60. The number of hydrogen-bond acceptors (Lipinski definition) is 3. The van der Waals surface area contributed by atoms with Crippen LogP contribution in [0, 0.1) is 0 Å². The van der Waals surface area contributed by atoms with E-state index in [1.54, 1.807) is 0 Å². The Kier molecular flexibility index (Phi) is 4.65. The van der Waals surface area contributed by atoms with Gasteiger partial charge in [0.05, 0.1) is 0 Å². The van der Waals surface area contributed by atoms with Crippen molar-refractivity contribution in [1.29, 1.82) is 0 Å². The second-order valence-electron chi connectivity index (χ2n) is 5.18. The maximum Gasteiger partial charge on any atom is 0.0388 e. The molecule has 18 heavy (non-hydrogen) atoms. The van der Waals surface area contributed by atoms with Crippen molar-refractivity contribution in [2.75, 3.05) is 31.6 Å². The quantitative estimate of drug-likeness (QED) is 0.910. The summed E-state index contributed by atoms with van der Waals surface area (Å²) < 4.78 is 1.12. The first kappa shape index (κ1) is 13.8. The molecular formula is C14H22BrN3. The third-order valence-electron chi connectivity index (χ3n) is 3.56. The Labute approximate surface area is 118 Å². The lowest BCUT2D eigenvalue weighted by molar-refractivity contribution is 0.337. The van der Waals surface area contributed by atoms with Crippen LogP contribution in [0.1, 0.15) is 18.9 Å². The van der Waals surface area contributed by atoms with Gasteiger partial charge in [0.15, 0.2) is 0 Å². The molecule has 1 aromatic carbocycles. The van der Waals surface area contributed by atoms with Gasteiger partial charge < -0.3 is 15.5 Å². The van der Waals surface area contributed by atoms with Crippen LogP contribution in [0.4, 0.5) is 5.69 Å². The maximum absolute atomic E-state index is 5.76. The van der Waals surface area contributed by atoms with E-state index >= 15 is 0 Å². The Bertz CT molecular complexity index is 408. The average Bonchev–Trinajstić information content (AvgIpc) is 2.49. The standard InChI is InChI=1S/C14H22BrN3/c1-11-10-17(2)4-3-5-18(11)14-7-12(9-16)6-13(15)8-14/h6-8,11H,3-5,9-10,16H2,1-2H3. The summed E-state index contributed by atoms with van der Waals surface area (Å²) in [5.41, 5.74) is 8.23. The Morgan fingerprint density at radius 1 is 1.33 bits per heavy atom. The summed E-state index contributed by atoms with van der Waals surface area (Å²) >= 11 is 3.58. The second kappa shape index (κ2) is 6.04. The van der Waals surface area contributed by atoms with Crippen LogP contribution in [0.25, 0.3) is 0 Å².